The molecule has 0 saturated carbocycles. The van der Waals surface area contributed by atoms with Crippen LogP contribution in [-0.4, -0.2) is 9.38 Å². The molecule has 0 aliphatic heterocycles. The van der Waals surface area contributed by atoms with Gasteiger partial charge in [-0.2, -0.15) is 5.26 Å². The molecule has 0 N–H and O–H groups in total. The van der Waals surface area contributed by atoms with Crippen LogP contribution in [0.15, 0.2) is 24.3 Å². The van der Waals surface area contributed by atoms with Gasteiger partial charge in [0.15, 0.2) is 4.96 Å². The Labute approximate surface area is 134 Å². The van der Waals surface area contributed by atoms with Gasteiger partial charge in [-0.3, -0.25) is 4.40 Å². The number of aromatic nitrogens is 2. The van der Waals surface area contributed by atoms with E-state index in [1.54, 1.807) is 11.3 Å². The molecule has 3 rings (SSSR count). The number of hydrogen-bond donors (Lipinski definition) is 0. The van der Waals surface area contributed by atoms with Crippen molar-refractivity contribution in [3.8, 4) is 17.3 Å². The number of nitriles is 1. The van der Waals surface area contributed by atoms with Crippen LogP contribution in [0.1, 0.15) is 41.6 Å². The standard InChI is InChI=1S/C18H19N3S/c1-11(2)14-5-7-15(8-6-14)17-13(4)22-18-20-12(3)16(9-10-19)21(17)18/h5-8,11H,9H2,1-4H3. The van der Waals surface area contributed by atoms with Gasteiger partial charge in [0, 0.05) is 4.88 Å². The van der Waals surface area contributed by atoms with Crippen molar-refractivity contribution in [2.45, 2.75) is 40.0 Å². The summed E-state index contributed by atoms with van der Waals surface area (Å²) in [5.41, 5.74) is 5.65. The fraction of sp³-hybridized carbons (Fsp3) is 0.333. The van der Waals surface area contributed by atoms with Crippen LogP contribution in [0, 0.1) is 25.2 Å². The first-order valence-corrected chi connectivity index (χ1v) is 8.29. The molecule has 0 spiro atoms. The smallest absolute Gasteiger partial charge is 0.194 e. The first-order chi connectivity index (χ1) is 10.5. The van der Waals surface area contributed by atoms with Crippen LogP contribution in [0.3, 0.4) is 0 Å². The Kier molecular flexibility index (Phi) is 3.76. The fourth-order valence-electron chi connectivity index (χ4n) is 2.82. The fourth-order valence-corrected chi connectivity index (χ4v) is 3.87. The van der Waals surface area contributed by atoms with Gasteiger partial charge in [0.1, 0.15) is 0 Å². The quantitative estimate of drug-likeness (QED) is 0.692. The Morgan fingerprint density at radius 3 is 2.50 bits per heavy atom. The Balaban J connectivity index is 2.21. The summed E-state index contributed by atoms with van der Waals surface area (Å²) in [4.78, 5) is 6.83. The highest BCUT2D eigenvalue weighted by Crippen LogP contribution is 2.34. The average Bonchev–Trinajstić information content (AvgIpc) is 2.94. The zero-order chi connectivity index (χ0) is 15.9. The predicted octanol–water partition coefficient (Wildman–Crippen LogP) is 4.87. The summed E-state index contributed by atoms with van der Waals surface area (Å²) in [7, 11) is 0. The lowest BCUT2D eigenvalue weighted by molar-refractivity contribution is 0.867. The maximum absolute atomic E-state index is 9.10. The van der Waals surface area contributed by atoms with Gasteiger partial charge < -0.3 is 0 Å². The van der Waals surface area contributed by atoms with Crippen molar-refractivity contribution < 1.29 is 0 Å². The minimum atomic E-state index is 0.389. The third-order valence-electron chi connectivity index (χ3n) is 4.04. The largest absolute Gasteiger partial charge is 0.286 e. The van der Waals surface area contributed by atoms with Gasteiger partial charge in [0.2, 0.25) is 0 Å². The van der Waals surface area contributed by atoms with Crippen molar-refractivity contribution >= 4 is 16.3 Å². The van der Waals surface area contributed by atoms with Crippen LogP contribution in [0.25, 0.3) is 16.2 Å². The van der Waals surface area contributed by atoms with Crippen molar-refractivity contribution in [2.24, 2.45) is 0 Å². The summed E-state index contributed by atoms with van der Waals surface area (Å²) in [5, 5.41) is 9.10. The molecule has 0 aliphatic carbocycles. The molecular formula is C18H19N3S. The van der Waals surface area contributed by atoms with Gasteiger partial charge in [0.05, 0.1) is 29.6 Å². The minimum absolute atomic E-state index is 0.389. The number of hydrogen-bond acceptors (Lipinski definition) is 3. The van der Waals surface area contributed by atoms with E-state index in [2.05, 4.69) is 60.5 Å². The van der Waals surface area contributed by atoms with Crippen LogP contribution >= 0.6 is 11.3 Å². The van der Waals surface area contributed by atoms with Gasteiger partial charge in [0.25, 0.3) is 0 Å². The van der Waals surface area contributed by atoms with Gasteiger partial charge in [-0.15, -0.1) is 11.3 Å². The summed E-state index contributed by atoms with van der Waals surface area (Å²) >= 11 is 1.69. The van der Waals surface area contributed by atoms with E-state index in [4.69, 9.17) is 5.26 Å². The zero-order valence-electron chi connectivity index (χ0n) is 13.3. The highest BCUT2D eigenvalue weighted by Gasteiger charge is 2.18. The van der Waals surface area contributed by atoms with E-state index in [1.807, 2.05) is 6.92 Å². The summed E-state index contributed by atoms with van der Waals surface area (Å²) in [6.07, 6.45) is 0.389. The molecule has 0 aliphatic rings. The van der Waals surface area contributed by atoms with Gasteiger partial charge in [-0.05, 0) is 30.9 Å². The summed E-state index contributed by atoms with van der Waals surface area (Å²) in [6.45, 7) is 8.50. The van der Waals surface area contributed by atoms with Crippen LogP contribution in [0.2, 0.25) is 0 Å². The van der Waals surface area contributed by atoms with E-state index in [9.17, 15) is 0 Å². The third-order valence-corrected chi connectivity index (χ3v) is 5.00. The Morgan fingerprint density at radius 1 is 1.23 bits per heavy atom. The number of thiazole rings is 1. The Bertz CT molecular complexity index is 860. The molecule has 0 atom stereocenters. The van der Waals surface area contributed by atoms with E-state index >= 15 is 0 Å². The second-order valence-corrected chi connectivity index (χ2v) is 7.06. The maximum atomic E-state index is 9.10. The maximum Gasteiger partial charge on any atom is 0.194 e. The lowest BCUT2D eigenvalue weighted by Crippen LogP contribution is -1.96. The lowest BCUT2D eigenvalue weighted by Gasteiger charge is -2.08. The number of fused-ring (bicyclic) bond motifs is 1. The molecule has 0 unspecified atom stereocenters. The van der Waals surface area contributed by atoms with Crippen molar-refractivity contribution in [1.82, 2.24) is 9.38 Å². The molecule has 22 heavy (non-hydrogen) atoms. The number of benzene rings is 1. The molecule has 0 bridgehead atoms. The van der Waals surface area contributed by atoms with Gasteiger partial charge in [-0.25, -0.2) is 4.98 Å². The normalized spacial score (nSPS) is 11.3. The molecule has 3 nitrogen and oxygen atoms in total. The van der Waals surface area contributed by atoms with E-state index in [1.165, 1.54) is 21.7 Å². The number of imidazole rings is 1. The second kappa shape index (κ2) is 5.58. The van der Waals surface area contributed by atoms with Crippen molar-refractivity contribution in [1.29, 1.82) is 5.26 Å². The Hall–Kier alpha value is -2.12. The lowest BCUT2D eigenvalue weighted by atomic mass is 10.0. The molecule has 1 aromatic carbocycles. The van der Waals surface area contributed by atoms with Crippen molar-refractivity contribution in [3.63, 3.8) is 0 Å². The van der Waals surface area contributed by atoms with E-state index < -0.39 is 0 Å². The molecule has 3 aromatic rings. The van der Waals surface area contributed by atoms with E-state index in [0.717, 1.165) is 16.3 Å². The molecule has 0 radical (unpaired) electrons. The topological polar surface area (TPSA) is 41.1 Å². The SMILES string of the molecule is Cc1nc2sc(C)c(-c3ccc(C(C)C)cc3)n2c1CC#N. The van der Waals surface area contributed by atoms with Crippen molar-refractivity contribution in [2.75, 3.05) is 0 Å². The summed E-state index contributed by atoms with van der Waals surface area (Å²) < 4.78 is 2.16. The number of rotatable bonds is 3. The van der Waals surface area contributed by atoms with Crippen LogP contribution in [0.4, 0.5) is 0 Å². The molecule has 4 heteroatoms. The molecule has 0 saturated heterocycles. The zero-order valence-corrected chi connectivity index (χ0v) is 14.2. The van der Waals surface area contributed by atoms with E-state index in [0.29, 0.717) is 12.3 Å². The third kappa shape index (κ3) is 2.32. The molecule has 0 amide bonds. The molecule has 112 valence electrons. The van der Waals surface area contributed by atoms with E-state index in [-0.39, 0.29) is 0 Å². The average molecular weight is 309 g/mol. The van der Waals surface area contributed by atoms with Crippen LogP contribution < -0.4 is 0 Å². The van der Waals surface area contributed by atoms with Crippen molar-refractivity contribution in [3.05, 3.63) is 46.1 Å². The summed E-state index contributed by atoms with van der Waals surface area (Å²) in [5.74, 6) is 0.530. The highest BCUT2D eigenvalue weighted by atomic mass is 32.1. The first kappa shape index (κ1) is 14.8. The van der Waals surface area contributed by atoms with Crippen LogP contribution in [0.5, 0.6) is 0 Å². The highest BCUT2D eigenvalue weighted by molar-refractivity contribution is 7.17. The minimum Gasteiger partial charge on any atom is -0.286 e. The van der Waals surface area contributed by atoms with Gasteiger partial charge >= 0.3 is 0 Å². The first-order valence-electron chi connectivity index (χ1n) is 7.47. The molecule has 2 heterocycles. The second-order valence-electron chi connectivity index (χ2n) is 5.88. The monoisotopic (exact) mass is 309 g/mol. The van der Waals surface area contributed by atoms with Gasteiger partial charge in [-0.1, -0.05) is 38.1 Å². The Morgan fingerprint density at radius 2 is 1.91 bits per heavy atom. The summed E-state index contributed by atoms with van der Waals surface area (Å²) in [6, 6.07) is 11.0. The number of aryl methyl sites for hydroxylation is 2. The number of nitrogens with zero attached hydrogens (tertiary/aromatic N) is 3. The predicted molar refractivity (Wildman–Crippen MR) is 91.4 cm³/mol. The molecule has 0 fully saturated rings. The van der Waals surface area contributed by atoms with Crippen LogP contribution in [-0.2, 0) is 6.42 Å². The molecular weight excluding hydrogens is 290 g/mol. The molecule has 2 aromatic heterocycles.